The van der Waals surface area contributed by atoms with E-state index < -0.39 is 9.84 Å². The Morgan fingerprint density at radius 1 is 1.10 bits per heavy atom. The van der Waals surface area contributed by atoms with Gasteiger partial charge < -0.3 is 4.74 Å². The van der Waals surface area contributed by atoms with Crippen LogP contribution < -0.4 is 4.74 Å². The van der Waals surface area contributed by atoms with Crippen LogP contribution in [0.3, 0.4) is 0 Å². The average Bonchev–Trinajstić information content (AvgIpc) is 2.45. The lowest BCUT2D eigenvalue weighted by Gasteiger charge is -2.14. The van der Waals surface area contributed by atoms with Crippen molar-refractivity contribution in [1.82, 2.24) is 0 Å². The summed E-state index contributed by atoms with van der Waals surface area (Å²) in [5.41, 5.74) is 3.00. The zero-order chi connectivity index (χ0) is 15.6. The number of sulfone groups is 1. The molecule has 0 radical (unpaired) electrons. The zero-order valence-corrected chi connectivity index (χ0v) is 14.5. The first kappa shape index (κ1) is 16.0. The van der Waals surface area contributed by atoms with Crippen LogP contribution in [0.25, 0.3) is 0 Å². The first-order valence-corrected chi connectivity index (χ1v) is 9.22. The zero-order valence-electron chi connectivity index (χ0n) is 12.1. The summed E-state index contributed by atoms with van der Waals surface area (Å²) in [7, 11) is -1.56. The molecule has 0 saturated carbocycles. The molecule has 2 rings (SSSR count). The summed E-state index contributed by atoms with van der Waals surface area (Å²) in [6, 6.07) is 12.9. The van der Waals surface area contributed by atoms with Crippen LogP contribution in [-0.4, -0.2) is 21.8 Å². The molecule has 0 aliphatic rings. The van der Waals surface area contributed by atoms with Gasteiger partial charge in [0.25, 0.3) is 0 Å². The minimum atomic E-state index is -3.20. The maximum absolute atomic E-state index is 11.6. The van der Waals surface area contributed by atoms with Crippen LogP contribution in [0.4, 0.5) is 0 Å². The molecule has 1 atom stereocenters. The van der Waals surface area contributed by atoms with Gasteiger partial charge in [-0.1, -0.05) is 40.2 Å². The van der Waals surface area contributed by atoms with Crippen molar-refractivity contribution >= 4 is 25.8 Å². The number of rotatable bonds is 4. The van der Waals surface area contributed by atoms with Gasteiger partial charge in [-0.3, -0.25) is 0 Å². The van der Waals surface area contributed by atoms with Gasteiger partial charge in [0.2, 0.25) is 0 Å². The summed E-state index contributed by atoms with van der Waals surface area (Å²) in [4.78, 5) is 0.262. The fourth-order valence-corrected chi connectivity index (χ4v) is 3.40. The fourth-order valence-electron chi connectivity index (χ4n) is 2.15. The predicted molar refractivity (Wildman–Crippen MR) is 88.1 cm³/mol. The van der Waals surface area contributed by atoms with E-state index in [0.29, 0.717) is 4.90 Å². The molecule has 1 unspecified atom stereocenters. The molecule has 5 heteroatoms. The van der Waals surface area contributed by atoms with Gasteiger partial charge in [0.15, 0.2) is 9.84 Å². The summed E-state index contributed by atoms with van der Waals surface area (Å²) in [5, 5.41) is 0. The largest absolute Gasteiger partial charge is 0.496 e. The fraction of sp³-hybridized carbons (Fsp3) is 0.250. The summed E-state index contributed by atoms with van der Waals surface area (Å²) in [6.07, 6.45) is 1.22. The molecule has 0 aliphatic heterocycles. The first-order chi connectivity index (χ1) is 9.82. The first-order valence-electron chi connectivity index (χ1n) is 6.41. The van der Waals surface area contributed by atoms with E-state index in [0.717, 1.165) is 22.4 Å². The van der Waals surface area contributed by atoms with Crippen molar-refractivity contribution in [3.8, 4) is 5.75 Å². The second-order valence-electron chi connectivity index (χ2n) is 4.94. The molecular formula is C16H17BrO3S. The van der Waals surface area contributed by atoms with Crippen LogP contribution in [-0.2, 0) is 9.84 Å². The normalized spacial score (nSPS) is 13.0. The van der Waals surface area contributed by atoms with Crippen molar-refractivity contribution < 1.29 is 13.2 Å². The second-order valence-corrected chi connectivity index (χ2v) is 7.87. The summed E-state index contributed by atoms with van der Waals surface area (Å²) in [5.74, 6) is 0.836. The van der Waals surface area contributed by atoms with Crippen LogP contribution in [0.2, 0.25) is 0 Å². The van der Waals surface area contributed by atoms with E-state index in [1.54, 1.807) is 25.3 Å². The van der Waals surface area contributed by atoms with Crippen molar-refractivity contribution in [2.24, 2.45) is 0 Å². The van der Waals surface area contributed by atoms with Gasteiger partial charge in [0.1, 0.15) is 5.75 Å². The smallest absolute Gasteiger partial charge is 0.175 e. The number of aryl methyl sites for hydroxylation is 1. The molecule has 0 heterocycles. The Balaban J connectivity index is 2.40. The average molecular weight is 369 g/mol. The van der Waals surface area contributed by atoms with E-state index in [1.165, 1.54) is 6.26 Å². The number of methoxy groups -OCH3 is 1. The molecule has 0 spiro atoms. The van der Waals surface area contributed by atoms with Crippen LogP contribution in [0, 0.1) is 6.92 Å². The molecule has 0 N–H and O–H groups in total. The molecule has 112 valence electrons. The number of benzene rings is 2. The minimum absolute atomic E-state index is 0.0659. The molecule has 0 amide bonds. The Morgan fingerprint density at radius 3 is 2.33 bits per heavy atom. The van der Waals surface area contributed by atoms with Gasteiger partial charge in [-0.05, 0) is 41.8 Å². The van der Waals surface area contributed by atoms with E-state index in [2.05, 4.69) is 15.9 Å². The third-order valence-electron chi connectivity index (χ3n) is 3.29. The monoisotopic (exact) mass is 368 g/mol. The Hall–Kier alpha value is -1.33. The highest BCUT2D eigenvalue weighted by molar-refractivity contribution is 9.09. The standard InChI is InChI=1S/C16H17BrO3S/c1-11-9-13(7-8-15(11)20-2)16(17)12-5-4-6-14(10-12)21(3,18)19/h4-10,16H,1-3H3. The number of halogens is 1. The van der Waals surface area contributed by atoms with Crippen molar-refractivity contribution in [1.29, 1.82) is 0 Å². The molecular weight excluding hydrogens is 352 g/mol. The van der Waals surface area contributed by atoms with Crippen molar-refractivity contribution in [3.63, 3.8) is 0 Å². The summed E-state index contributed by atoms with van der Waals surface area (Å²) >= 11 is 3.64. The lowest BCUT2D eigenvalue weighted by molar-refractivity contribution is 0.411. The van der Waals surface area contributed by atoms with Crippen LogP contribution >= 0.6 is 15.9 Å². The number of ether oxygens (including phenoxy) is 1. The van der Waals surface area contributed by atoms with E-state index in [4.69, 9.17) is 4.74 Å². The molecule has 0 fully saturated rings. The third kappa shape index (κ3) is 3.66. The predicted octanol–water partition coefficient (Wildman–Crippen LogP) is 3.89. The SMILES string of the molecule is COc1ccc(C(Br)c2cccc(S(C)(=O)=O)c2)cc1C. The van der Waals surface area contributed by atoms with Crippen molar-refractivity contribution in [3.05, 3.63) is 59.2 Å². The molecule has 2 aromatic carbocycles. The maximum Gasteiger partial charge on any atom is 0.175 e. The highest BCUT2D eigenvalue weighted by Gasteiger charge is 2.15. The Morgan fingerprint density at radius 2 is 1.76 bits per heavy atom. The minimum Gasteiger partial charge on any atom is -0.496 e. The Labute approximate surface area is 134 Å². The summed E-state index contributed by atoms with van der Waals surface area (Å²) < 4.78 is 28.6. The van der Waals surface area contributed by atoms with Crippen LogP contribution in [0.15, 0.2) is 47.4 Å². The lowest BCUT2D eigenvalue weighted by Crippen LogP contribution is -2.00. The van der Waals surface area contributed by atoms with Gasteiger partial charge in [-0.2, -0.15) is 0 Å². The van der Waals surface area contributed by atoms with Crippen molar-refractivity contribution in [2.45, 2.75) is 16.6 Å². The Kier molecular flexibility index (Phi) is 4.74. The quantitative estimate of drug-likeness (QED) is 0.768. The van der Waals surface area contributed by atoms with E-state index in [9.17, 15) is 8.42 Å². The molecule has 0 aromatic heterocycles. The number of hydrogen-bond acceptors (Lipinski definition) is 3. The van der Waals surface area contributed by atoms with Crippen molar-refractivity contribution in [2.75, 3.05) is 13.4 Å². The molecule has 0 aliphatic carbocycles. The van der Waals surface area contributed by atoms with Gasteiger partial charge >= 0.3 is 0 Å². The summed E-state index contributed by atoms with van der Waals surface area (Å²) in [6.45, 7) is 1.98. The van der Waals surface area contributed by atoms with Crippen LogP contribution in [0.5, 0.6) is 5.75 Å². The number of hydrogen-bond donors (Lipinski definition) is 0. The van der Waals surface area contributed by atoms with Gasteiger partial charge in [-0.25, -0.2) is 8.42 Å². The lowest BCUT2D eigenvalue weighted by atomic mass is 10.0. The highest BCUT2D eigenvalue weighted by atomic mass is 79.9. The van der Waals surface area contributed by atoms with Gasteiger partial charge in [-0.15, -0.1) is 0 Å². The number of alkyl halides is 1. The third-order valence-corrected chi connectivity index (χ3v) is 5.46. The van der Waals surface area contributed by atoms with E-state index in [-0.39, 0.29) is 4.83 Å². The molecule has 2 aromatic rings. The highest BCUT2D eigenvalue weighted by Crippen LogP contribution is 2.34. The second kappa shape index (κ2) is 6.20. The van der Waals surface area contributed by atoms with Crippen LogP contribution in [0.1, 0.15) is 21.5 Å². The maximum atomic E-state index is 11.6. The Bertz CT molecular complexity index is 754. The molecule has 21 heavy (non-hydrogen) atoms. The van der Waals surface area contributed by atoms with E-state index in [1.807, 2.05) is 31.2 Å². The van der Waals surface area contributed by atoms with E-state index >= 15 is 0 Å². The van der Waals surface area contributed by atoms with Gasteiger partial charge in [0, 0.05) is 6.26 Å². The molecule has 0 bridgehead atoms. The topological polar surface area (TPSA) is 43.4 Å². The molecule has 3 nitrogen and oxygen atoms in total. The van der Waals surface area contributed by atoms with Gasteiger partial charge in [0.05, 0.1) is 16.8 Å². The molecule has 0 saturated heterocycles.